The second-order valence-electron chi connectivity index (χ2n) is 7.28. The van der Waals surface area contributed by atoms with E-state index in [-0.39, 0.29) is 24.3 Å². The third-order valence-corrected chi connectivity index (χ3v) is 5.15. The van der Waals surface area contributed by atoms with Crippen LogP contribution < -0.4 is 5.32 Å². The first-order valence-electron chi connectivity index (χ1n) is 9.07. The van der Waals surface area contributed by atoms with Crippen molar-refractivity contribution < 1.29 is 14.7 Å². The monoisotopic (exact) mass is 351 g/mol. The van der Waals surface area contributed by atoms with E-state index in [9.17, 15) is 14.7 Å². The first-order chi connectivity index (χ1) is 12.5. The first kappa shape index (κ1) is 18.2. The van der Waals surface area contributed by atoms with Gasteiger partial charge in [-0.15, -0.1) is 0 Å². The van der Waals surface area contributed by atoms with E-state index in [2.05, 4.69) is 24.4 Å². The highest BCUT2D eigenvalue weighted by Gasteiger charge is 2.44. The van der Waals surface area contributed by atoms with Crippen molar-refractivity contribution in [3.05, 3.63) is 70.8 Å². The molecule has 136 valence electrons. The summed E-state index contributed by atoms with van der Waals surface area (Å²) in [6.45, 7) is 4.21. The Morgan fingerprint density at radius 3 is 2.62 bits per heavy atom. The Labute approximate surface area is 154 Å². The quantitative estimate of drug-likeness (QED) is 0.803. The fraction of sp³-hybridized carbons (Fsp3) is 0.364. The Hall–Kier alpha value is -2.62. The van der Waals surface area contributed by atoms with E-state index >= 15 is 0 Å². The molecule has 1 fully saturated rings. The summed E-state index contributed by atoms with van der Waals surface area (Å²) in [4.78, 5) is 24.0. The predicted molar refractivity (Wildman–Crippen MR) is 101 cm³/mol. The van der Waals surface area contributed by atoms with Gasteiger partial charge in [-0.3, -0.25) is 9.59 Å². The molecule has 0 spiro atoms. The molecular formula is C22H25NO3. The predicted octanol–water partition coefficient (Wildman–Crippen LogP) is 3.47. The zero-order chi connectivity index (χ0) is 18.7. The molecule has 3 rings (SSSR count). The van der Waals surface area contributed by atoms with Crippen LogP contribution in [-0.4, -0.2) is 23.5 Å². The van der Waals surface area contributed by atoms with Gasteiger partial charge in [0, 0.05) is 12.5 Å². The Kier molecular flexibility index (Phi) is 5.40. The number of carbonyl (C=O) groups excluding carboxylic acids is 1. The number of carboxylic acids is 1. The highest BCUT2D eigenvalue weighted by molar-refractivity contribution is 5.83. The molecule has 0 heterocycles. The van der Waals surface area contributed by atoms with Gasteiger partial charge in [0.25, 0.3) is 0 Å². The van der Waals surface area contributed by atoms with Crippen molar-refractivity contribution in [1.29, 1.82) is 0 Å². The maximum atomic E-state index is 12.4. The summed E-state index contributed by atoms with van der Waals surface area (Å²) in [5.41, 5.74) is 4.52. The lowest BCUT2D eigenvalue weighted by Gasteiger charge is -2.14. The molecule has 0 saturated heterocycles. The lowest BCUT2D eigenvalue weighted by atomic mass is 9.98. The minimum absolute atomic E-state index is 0.0336. The molecule has 2 aromatic rings. The van der Waals surface area contributed by atoms with E-state index in [1.165, 1.54) is 11.1 Å². The molecule has 4 heteroatoms. The van der Waals surface area contributed by atoms with Crippen LogP contribution in [0.2, 0.25) is 0 Å². The van der Waals surface area contributed by atoms with Crippen molar-refractivity contribution >= 4 is 11.9 Å². The molecule has 0 bridgehead atoms. The molecule has 3 atom stereocenters. The fourth-order valence-corrected chi connectivity index (χ4v) is 3.56. The van der Waals surface area contributed by atoms with Crippen LogP contribution >= 0.6 is 0 Å². The minimum Gasteiger partial charge on any atom is -0.481 e. The van der Waals surface area contributed by atoms with E-state index in [1.807, 2.05) is 43.3 Å². The van der Waals surface area contributed by atoms with E-state index in [0.717, 1.165) is 17.5 Å². The van der Waals surface area contributed by atoms with Gasteiger partial charge in [-0.25, -0.2) is 0 Å². The van der Waals surface area contributed by atoms with Crippen LogP contribution in [0.25, 0.3) is 0 Å². The number of aryl methyl sites for hydroxylation is 2. The van der Waals surface area contributed by atoms with E-state index in [1.54, 1.807) is 0 Å². The summed E-state index contributed by atoms with van der Waals surface area (Å²) in [7, 11) is 0. The van der Waals surface area contributed by atoms with Gasteiger partial charge in [-0.05, 0) is 49.3 Å². The van der Waals surface area contributed by atoms with Gasteiger partial charge in [-0.2, -0.15) is 0 Å². The summed E-state index contributed by atoms with van der Waals surface area (Å²) in [6.07, 6.45) is 1.26. The van der Waals surface area contributed by atoms with Crippen LogP contribution in [0.3, 0.4) is 0 Å². The zero-order valence-electron chi connectivity index (χ0n) is 15.2. The molecule has 26 heavy (non-hydrogen) atoms. The van der Waals surface area contributed by atoms with Gasteiger partial charge < -0.3 is 10.4 Å². The average Bonchev–Trinajstić information content (AvgIpc) is 3.39. The maximum absolute atomic E-state index is 12.4. The van der Waals surface area contributed by atoms with Crippen LogP contribution in [0.15, 0.2) is 48.5 Å². The topological polar surface area (TPSA) is 66.4 Å². The van der Waals surface area contributed by atoms with Crippen LogP contribution in [0, 0.1) is 25.7 Å². The van der Waals surface area contributed by atoms with Gasteiger partial charge >= 0.3 is 5.97 Å². The second kappa shape index (κ2) is 7.73. The van der Waals surface area contributed by atoms with E-state index in [0.29, 0.717) is 6.42 Å². The van der Waals surface area contributed by atoms with Crippen LogP contribution in [0.5, 0.6) is 0 Å². The highest BCUT2D eigenvalue weighted by Crippen LogP contribution is 2.48. The maximum Gasteiger partial charge on any atom is 0.308 e. The molecule has 1 aliphatic rings. The third-order valence-electron chi connectivity index (χ3n) is 5.15. The normalized spacial score (nSPS) is 19.6. The lowest BCUT2D eigenvalue weighted by Crippen LogP contribution is -2.35. The first-order valence-corrected chi connectivity index (χ1v) is 9.07. The Bertz CT molecular complexity index is 815. The van der Waals surface area contributed by atoms with E-state index in [4.69, 9.17) is 0 Å². The number of carbonyl (C=O) groups is 2. The van der Waals surface area contributed by atoms with Crippen LogP contribution in [0.4, 0.5) is 0 Å². The van der Waals surface area contributed by atoms with Crippen molar-refractivity contribution in [3.63, 3.8) is 0 Å². The summed E-state index contributed by atoms with van der Waals surface area (Å²) in [6, 6.07) is 16.0. The molecule has 1 aliphatic carbocycles. The molecule has 2 N–H and O–H groups in total. The molecular weight excluding hydrogens is 326 g/mol. The SMILES string of the molecule is Cc1cccc(CC(CNC(=O)C2CC2c2ccccc2C)C(=O)O)c1. The van der Waals surface area contributed by atoms with Gasteiger partial charge in [0.05, 0.1) is 5.92 Å². The standard InChI is InChI=1S/C22H25NO3/c1-14-6-5-8-16(10-14)11-17(22(25)26)13-23-21(24)20-12-19(20)18-9-4-3-7-15(18)2/h3-10,17,19-20H,11-13H2,1-2H3,(H,23,24)(H,25,26). The van der Waals surface area contributed by atoms with Gasteiger partial charge in [0.2, 0.25) is 5.91 Å². The number of rotatable bonds is 7. The fourth-order valence-electron chi connectivity index (χ4n) is 3.56. The molecule has 1 saturated carbocycles. The van der Waals surface area contributed by atoms with Crippen molar-refractivity contribution in [3.8, 4) is 0 Å². The number of carboxylic acid groups (broad SMARTS) is 1. The number of nitrogens with one attached hydrogen (secondary N) is 1. The molecule has 0 aliphatic heterocycles. The summed E-state index contributed by atoms with van der Waals surface area (Å²) < 4.78 is 0. The summed E-state index contributed by atoms with van der Waals surface area (Å²) in [5, 5.41) is 12.3. The lowest BCUT2D eigenvalue weighted by molar-refractivity contribution is -0.141. The average molecular weight is 351 g/mol. The largest absolute Gasteiger partial charge is 0.481 e. The molecule has 0 radical (unpaired) electrons. The molecule has 1 amide bonds. The molecule has 3 unspecified atom stereocenters. The Morgan fingerprint density at radius 1 is 1.15 bits per heavy atom. The molecule has 2 aromatic carbocycles. The summed E-state index contributed by atoms with van der Waals surface area (Å²) >= 11 is 0. The Balaban J connectivity index is 1.56. The van der Waals surface area contributed by atoms with Crippen molar-refractivity contribution in [1.82, 2.24) is 5.32 Å². The van der Waals surface area contributed by atoms with Gasteiger partial charge in [0.15, 0.2) is 0 Å². The van der Waals surface area contributed by atoms with Crippen LogP contribution in [-0.2, 0) is 16.0 Å². The number of benzene rings is 2. The highest BCUT2D eigenvalue weighted by atomic mass is 16.4. The second-order valence-corrected chi connectivity index (χ2v) is 7.28. The summed E-state index contributed by atoms with van der Waals surface area (Å²) in [5.74, 6) is -1.30. The molecule has 4 nitrogen and oxygen atoms in total. The minimum atomic E-state index is -0.877. The zero-order valence-corrected chi connectivity index (χ0v) is 15.2. The van der Waals surface area contributed by atoms with Gasteiger partial charge in [0.1, 0.15) is 0 Å². The van der Waals surface area contributed by atoms with E-state index < -0.39 is 11.9 Å². The third kappa shape index (κ3) is 4.31. The number of amides is 1. The number of hydrogen-bond acceptors (Lipinski definition) is 2. The van der Waals surface area contributed by atoms with Gasteiger partial charge in [-0.1, -0.05) is 54.1 Å². The smallest absolute Gasteiger partial charge is 0.308 e. The Morgan fingerprint density at radius 2 is 1.92 bits per heavy atom. The number of aliphatic carboxylic acids is 1. The molecule has 0 aromatic heterocycles. The van der Waals surface area contributed by atoms with Crippen LogP contribution in [0.1, 0.15) is 34.6 Å². The number of hydrogen-bond donors (Lipinski definition) is 2. The van der Waals surface area contributed by atoms with Crippen molar-refractivity contribution in [2.45, 2.75) is 32.6 Å². The van der Waals surface area contributed by atoms with Crippen molar-refractivity contribution in [2.75, 3.05) is 6.54 Å². The van der Waals surface area contributed by atoms with Crippen molar-refractivity contribution in [2.24, 2.45) is 11.8 Å².